The number of anilines is 2. The number of hydrogen-bond donors (Lipinski definition) is 2. The van der Waals surface area contributed by atoms with Crippen molar-refractivity contribution in [2.24, 2.45) is 0 Å². The topological polar surface area (TPSA) is 67.4 Å². The minimum Gasteiger partial charge on any atom is -0.495 e. The lowest BCUT2D eigenvalue weighted by atomic mass is 10.3. The number of amides is 2. The first-order chi connectivity index (χ1) is 11.5. The van der Waals surface area contributed by atoms with Crippen molar-refractivity contribution in [2.45, 2.75) is 24.0 Å². The number of nitrogens with one attached hydrogen (secondary N) is 2. The van der Waals surface area contributed by atoms with E-state index in [1.165, 1.54) is 18.7 Å². The van der Waals surface area contributed by atoms with Crippen LogP contribution in [0.4, 0.5) is 11.4 Å². The molecule has 2 N–H and O–H groups in total. The first-order valence-corrected chi connectivity index (χ1v) is 8.35. The normalized spacial score (nSPS) is 11.5. The Morgan fingerprint density at radius 2 is 1.71 bits per heavy atom. The maximum Gasteiger partial charge on any atom is 0.237 e. The number of hydrogen-bond acceptors (Lipinski definition) is 4. The fourth-order valence-corrected chi connectivity index (χ4v) is 2.93. The zero-order valence-corrected chi connectivity index (χ0v) is 14.6. The third-order valence-electron chi connectivity index (χ3n) is 3.22. The Labute approximate surface area is 145 Å². The fraction of sp³-hybridized carbons (Fsp3) is 0.222. The van der Waals surface area contributed by atoms with Crippen molar-refractivity contribution in [1.29, 1.82) is 0 Å². The third kappa shape index (κ3) is 5.03. The monoisotopic (exact) mass is 344 g/mol. The summed E-state index contributed by atoms with van der Waals surface area (Å²) in [5.41, 5.74) is 1.39. The molecular weight excluding hydrogens is 324 g/mol. The molecule has 0 aromatic heterocycles. The maximum atomic E-state index is 12.4. The molecule has 126 valence electrons. The molecule has 0 aliphatic heterocycles. The summed E-state index contributed by atoms with van der Waals surface area (Å²) in [7, 11) is 1.57. The number of benzene rings is 2. The summed E-state index contributed by atoms with van der Waals surface area (Å²) in [6.07, 6.45) is 0. The predicted octanol–water partition coefficient (Wildman–Crippen LogP) is 3.77. The Balaban J connectivity index is 1.97. The summed E-state index contributed by atoms with van der Waals surface area (Å²) in [4.78, 5) is 24.3. The molecule has 1 unspecified atom stereocenters. The van der Waals surface area contributed by atoms with Crippen molar-refractivity contribution in [3.05, 3.63) is 48.5 Å². The SMILES string of the molecule is COc1ccccc1NC(=O)C(C)Sc1ccc(NC(C)=O)cc1. The highest BCUT2D eigenvalue weighted by atomic mass is 32.2. The molecule has 6 heteroatoms. The molecule has 0 saturated carbocycles. The average molecular weight is 344 g/mol. The molecule has 0 bridgehead atoms. The van der Waals surface area contributed by atoms with Gasteiger partial charge in [-0.25, -0.2) is 0 Å². The highest BCUT2D eigenvalue weighted by molar-refractivity contribution is 8.00. The van der Waals surface area contributed by atoms with E-state index in [-0.39, 0.29) is 17.1 Å². The number of thioether (sulfide) groups is 1. The quantitative estimate of drug-likeness (QED) is 0.783. The first-order valence-electron chi connectivity index (χ1n) is 7.48. The van der Waals surface area contributed by atoms with Gasteiger partial charge in [-0.15, -0.1) is 11.8 Å². The highest BCUT2D eigenvalue weighted by Gasteiger charge is 2.16. The summed E-state index contributed by atoms with van der Waals surface area (Å²) in [5, 5.41) is 5.31. The molecule has 0 radical (unpaired) electrons. The summed E-state index contributed by atoms with van der Waals surface area (Å²) >= 11 is 1.45. The van der Waals surface area contributed by atoms with Gasteiger partial charge in [-0.2, -0.15) is 0 Å². The second-order valence-corrected chi connectivity index (χ2v) is 6.57. The van der Waals surface area contributed by atoms with Crippen molar-refractivity contribution >= 4 is 35.0 Å². The van der Waals surface area contributed by atoms with E-state index in [0.29, 0.717) is 11.4 Å². The van der Waals surface area contributed by atoms with Gasteiger partial charge in [-0.1, -0.05) is 12.1 Å². The zero-order chi connectivity index (χ0) is 17.5. The van der Waals surface area contributed by atoms with E-state index < -0.39 is 0 Å². The molecule has 2 amide bonds. The van der Waals surface area contributed by atoms with E-state index in [4.69, 9.17) is 4.74 Å². The van der Waals surface area contributed by atoms with Crippen molar-refractivity contribution < 1.29 is 14.3 Å². The zero-order valence-electron chi connectivity index (χ0n) is 13.8. The van der Waals surface area contributed by atoms with Crippen molar-refractivity contribution in [3.8, 4) is 5.75 Å². The third-order valence-corrected chi connectivity index (χ3v) is 4.33. The van der Waals surface area contributed by atoms with Crippen LogP contribution in [0.2, 0.25) is 0 Å². The van der Waals surface area contributed by atoms with Crippen LogP contribution in [-0.2, 0) is 9.59 Å². The largest absolute Gasteiger partial charge is 0.495 e. The van der Waals surface area contributed by atoms with Crippen LogP contribution in [0, 0.1) is 0 Å². The molecule has 0 heterocycles. The van der Waals surface area contributed by atoms with Gasteiger partial charge in [0.2, 0.25) is 11.8 Å². The number of ether oxygens (including phenoxy) is 1. The molecule has 0 saturated heterocycles. The lowest BCUT2D eigenvalue weighted by Gasteiger charge is -2.14. The van der Waals surface area contributed by atoms with Gasteiger partial charge < -0.3 is 15.4 Å². The number of carbonyl (C=O) groups is 2. The summed E-state index contributed by atoms with van der Waals surface area (Å²) in [5.74, 6) is 0.415. The number of rotatable bonds is 6. The second-order valence-electron chi connectivity index (χ2n) is 5.16. The highest BCUT2D eigenvalue weighted by Crippen LogP contribution is 2.28. The second kappa shape index (κ2) is 8.40. The smallest absolute Gasteiger partial charge is 0.237 e. The molecule has 2 aromatic carbocycles. The molecule has 0 spiro atoms. The Morgan fingerprint density at radius 1 is 1.04 bits per heavy atom. The van der Waals surface area contributed by atoms with E-state index in [9.17, 15) is 9.59 Å². The molecule has 0 aliphatic rings. The maximum absolute atomic E-state index is 12.4. The Bertz CT molecular complexity index is 716. The Kier molecular flexibility index (Phi) is 6.26. The van der Waals surface area contributed by atoms with Crippen LogP contribution >= 0.6 is 11.8 Å². The Hall–Kier alpha value is -2.47. The molecule has 0 fully saturated rings. The van der Waals surface area contributed by atoms with Gasteiger partial charge in [0.15, 0.2) is 0 Å². The van der Waals surface area contributed by atoms with Crippen LogP contribution in [0.3, 0.4) is 0 Å². The van der Waals surface area contributed by atoms with Gasteiger partial charge in [0.25, 0.3) is 0 Å². The molecular formula is C18H20N2O3S. The van der Waals surface area contributed by atoms with Gasteiger partial charge in [0.05, 0.1) is 18.0 Å². The molecule has 2 aromatic rings. The van der Waals surface area contributed by atoms with Crippen LogP contribution in [0.5, 0.6) is 5.75 Å². The van der Waals surface area contributed by atoms with Gasteiger partial charge in [0, 0.05) is 17.5 Å². The number of para-hydroxylation sites is 2. The first kappa shape index (κ1) is 17.9. The van der Waals surface area contributed by atoms with Crippen molar-refractivity contribution in [3.63, 3.8) is 0 Å². The molecule has 0 aliphatic carbocycles. The molecule has 2 rings (SSSR count). The van der Waals surface area contributed by atoms with E-state index in [0.717, 1.165) is 10.6 Å². The molecule has 24 heavy (non-hydrogen) atoms. The van der Waals surface area contributed by atoms with E-state index in [1.54, 1.807) is 19.2 Å². The lowest BCUT2D eigenvalue weighted by molar-refractivity contribution is -0.115. The van der Waals surface area contributed by atoms with Gasteiger partial charge in [-0.05, 0) is 43.3 Å². The van der Waals surface area contributed by atoms with Gasteiger partial charge >= 0.3 is 0 Å². The van der Waals surface area contributed by atoms with Crippen LogP contribution in [0.1, 0.15) is 13.8 Å². The minimum absolute atomic E-state index is 0.101. The van der Waals surface area contributed by atoms with E-state index in [1.807, 2.05) is 43.3 Å². The lowest BCUT2D eigenvalue weighted by Crippen LogP contribution is -2.22. The van der Waals surface area contributed by atoms with Crippen LogP contribution in [0.15, 0.2) is 53.4 Å². The summed E-state index contributed by atoms with van der Waals surface area (Å²) in [6.45, 7) is 3.31. The Morgan fingerprint density at radius 3 is 2.33 bits per heavy atom. The number of carbonyl (C=O) groups excluding carboxylic acids is 2. The van der Waals surface area contributed by atoms with Crippen LogP contribution < -0.4 is 15.4 Å². The van der Waals surface area contributed by atoms with E-state index >= 15 is 0 Å². The van der Waals surface area contributed by atoms with Gasteiger partial charge in [-0.3, -0.25) is 9.59 Å². The standard InChI is InChI=1S/C18H20N2O3S/c1-12(18(22)20-16-6-4-5-7-17(16)23-3)24-15-10-8-14(9-11-15)19-13(2)21/h4-12H,1-3H3,(H,19,21)(H,20,22). The van der Waals surface area contributed by atoms with E-state index in [2.05, 4.69) is 10.6 Å². The average Bonchev–Trinajstić information content (AvgIpc) is 2.56. The van der Waals surface area contributed by atoms with Crippen LogP contribution in [0.25, 0.3) is 0 Å². The minimum atomic E-state index is -0.276. The predicted molar refractivity (Wildman–Crippen MR) is 97.7 cm³/mol. The summed E-state index contributed by atoms with van der Waals surface area (Å²) < 4.78 is 5.23. The molecule has 1 atom stereocenters. The number of methoxy groups -OCH3 is 1. The van der Waals surface area contributed by atoms with Crippen molar-refractivity contribution in [1.82, 2.24) is 0 Å². The molecule has 5 nitrogen and oxygen atoms in total. The van der Waals surface area contributed by atoms with Gasteiger partial charge in [0.1, 0.15) is 5.75 Å². The van der Waals surface area contributed by atoms with Crippen molar-refractivity contribution in [2.75, 3.05) is 17.7 Å². The fourth-order valence-electron chi connectivity index (χ4n) is 2.06. The summed E-state index contributed by atoms with van der Waals surface area (Å²) in [6, 6.07) is 14.7. The van der Waals surface area contributed by atoms with Crippen LogP contribution in [-0.4, -0.2) is 24.2 Å².